The summed E-state index contributed by atoms with van der Waals surface area (Å²) in [5.74, 6) is 0. The van der Waals surface area contributed by atoms with Crippen molar-refractivity contribution in [1.82, 2.24) is 0 Å². The predicted molar refractivity (Wildman–Crippen MR) is 140 cm³/mol. The van der Waals surface area contributed by atoms with E-state index in [0.717, 1.165) is 56.5 Å². The first-order valence-corrected chi connectivity index (χ1v) is 14.9. The number of aliphatic hydroxyl groups is 1. The summed E-state index contributed by atoms with van der Waals surface area (Å²) in [6.07, 6.45) is 7.19. The van der Waals surface area contributed by atoms with Gasteiger partial charge in [0.1, 0.15) is 0 Å². The lowest BCUT2D eigenvalue weighted by Gasteiger charge is -2.36. The summed E-state index contributed by atoms with van der Waals surface area (Å²) in [7, 11) is -1.65. The molecule has 0 radical (unpaired) electrons. The van der Waals surface area contributed by atoms with Gasteiger partial charge in [-0.2, -0.15) is 5.10 Å². The van der Waals surface area contributed by atoms with Crippen molar-refractivity contribution in [3.63, 3.8) is 0 Å². The van der Waals surface area contributed by atoms with Crippen molar-refractivity contribution in [2.45, 2.75) is 83.5 Å². The van der Waals surface area contributed by atoms with Crippen LogP contribution in [0.3, 0.4) is 0 Å². The van der Waals surface area contributed by atoms with Crippen LogP contribution in [-0.2, 0) is 4.43 Å². The molecule has 0 spiro atoms. The second-order valence-corrected chi connectivity index (χ2v) is 14.8. The molecule has 1 atom stereocenters. The Labute approximate surface area is 196 Å². The number of hydrazone groups is 1. The van der Waals surface area contributed by atoms with Gasteiger partial charge in [0.2, 0.25) is 0 Å². The van der Waals surface area contributed by atoms with E-state index in [1.54, 1.807) is 0 Å². The van der Waals surface area contributed by atoms with E-state index in [0.29, 0.717) is 0 Å². The third-order valence-corrected chi connectivity index (χ3v) is 10.8. The molecule has 0 saturated heterocycles. The van der Waals surface area contributed by atoms with Gasteiger partial charge in [0, 0.05) is 12.8 Å². The van der Waals surface area contributed by atoms with Crippen LogP contribution in [0.2, 0.25) is 18.1 Å². The molecule has 176 valence electrons. The maximum absolute atomic E-state index is 10.3. The van der Waals surface area contributed by atoms with Crippen molar-refractivity contribution in [3.8, 4) is 0 Å². The molecule has 2 aromatic rings. The molecule has 0 bridgehead atoms. The maximum Gasteiger partial charge on any atom is 0.191 e. The fourth-order valence-electron chi connectivity index (χ4n) is 3.18. The normalized spacial score (nSPS) is 13.4. The molecular formula is C27H42N2O2Si. The molecule has 0 aliphatic heterocycles. The van der Waals surface area contributed by atoms with Crippen LogP contribution >= 0.6 is 0 Å². The fraction of sp³-hybridized carbons (Fsp3) is 0.519. The first-order chi connectivity index (χ1) is 15.2. The lowest BCUT2D eigenvalue weighted by atomic mass is 10.1. The van der Waals surface area contributed by atoms with Crippen molar-refractivity contribution in [3.05, 3.63) is 60.7 Å². The molecule has 0 aromatic heterocycles. The van der Waals surface area contributed by atoms with E-state index >= 15 is 0 Å². The van der Waals surface area contributed by atoms with Gasteiger partial charge in [-0.25, -0.2) is 5.01 Å². The molecule has 0 aliphatic carbocycles. The highest BCUT2D eigenvalue weighted by Gasteiger charge is 2.36. The van der Waals surface area contributed by atoms with Crippen molar-refractivity contribution in [2.24, 2.45) is 5.10 Å². The average molecular weight is 455 g/mol. The number of hydrogen-bond donors (Lipinski definition) is 1. The van der Waals surface area contributed by atoms with Gasteiger partial charge in [0.05, 0.1) is 17.5 Å². The number of unbranched alkanes of at least 4 members (excludes halogenated alkanes) is 2. The minimum atomic E-state index is -1.65. The molecule has 5 heteroatoms. The molecule has 1 unspecified atom stereocenters. The van der Waals surface area contributed by atoms with E-state index < -0.39 is 8.32 Å². The van der Waals surface area contributed by atoms with Crippen LogP contribution in [0.5, 0.6) is 0 Å². The van der Waals surface area contributed by atoms with Gasteiger partial charge >= 0.3 is 0 Å². The van der Waals surface area contributed by atoms with Crippen LogP contribution < -0.4 is 5.01 Å². The Kier molecular flexibility index (Phi) is 10.6. The number of nitrogens with zero attached hydrogens (tertiary/aromatic N) is 2. The largest absolute Gasteiger partial charge is 0.417 e. The molecular weight excluding hydrogens is 412 g/mol. The van der Waals surface area contributed by atoms with Crippen LogP contribution in [0.1, 0.15) is 59.3 Å². The highest BCUT2D eigenvalue weighted by atomic mass is 28.4. The number of benzene rings is 2. The topological polar surface area (TPSA) is 45.1 Å². The van der Waals surface area contributed by atoms with E-state index in [1.165, 1.54) is 0 Å². The Morgan fingerprint density at radius 1 is 0.906 bits per heavy atom. The van der Waals surface area contributed by atoms with Crippen LogP contribution in [0.25, 0.3) is 0 Å². The molecule has 0 amide bonds. The molecule has 2 rings (SSSR count). The van der Waals surface area contributed by atoms with Crippen LogP contribution in [0.4, 0.5) is 11.4 Å². The molecule has 0 heterocycles. The number of anilines is 2. The summed E-state index contributed by atoms with van der Waals surface area (Å²) in [6.45, 7) is 12.2. The van der Waals surface area contributed by atoms with E-state index in [2.05, 4.69) is 58.1 Å². The van der Waals surface area contributed by atoms with Gasteiger partial charge in [-0.15, -0.1) is 0 Å². The quantitative estimate of drug-likeness (QED) is 0.147. The Hall–Kier alpha value is -1.95. The van der Waals surface area contributed by atoms with E-state index in [4.69, 9.17) is 9.53 Å². The smallest absolute Gasteiger partial charge is 0.191 e. The Morgan fingerprint density at radius 3 is 1.97 bits per heavy atom. The number of para-hydroxylation sites is 2. The van der Waals surface area contributed by atoms with Crippen LogP contribution in [0, 0.1) is 0 Å². The second kappa shape index (κ2) is 12.9. The molecule has 1 N–H and O–H groups in total. The van der Waals surface area contributed by atoms with Gasteiger partial charge in [-0.3, -0.25) is 0 Å². The third kappa shape index (κ3) is 8.89. The highest BCUT2D eigenvalue weighted by molar-refractivity contribution is 6.74. The van der Waals surface area contributed by atoms with Gasteiger partial charge in [0.25, 0.3) is 0 Å². The zero-order valence-corrected chi connectivity index (χ0v) is 21.6. The van der Waals surface area contributed by atoms with Crippen molar-refractivity contribution in [1.29, 1.82) is 0 Å². The SMILES string of the molecule is CC(C)(C)[Si](C)(C)OCCCCC(O)CCC/C=N/N(c1ccccc1)c1ccccc1. The standard InChI is InChI=1S/C27H42N2O2Si/c1-27(2,3)32(4,5)31-23-15-13-21-26(30)20-12-14-22-28-29(24-16-8-6-9-17-24)25-18-10-7-11-19-25/h6-11,16-19,22,26,30H,12-15,20-21,23H2,1-5H3/b28-22+. The van der Waals surface area contributed by atoms with Crippen molar-refractivity contribution < 1.29 is 9.53 Å². The molecule has 32 heavy (non-hydrogen) atoms. The van der Waals surface area contributed by atoms with Gasteiger partial charge in [-0.1, -0.05) is 57.2 Å². The zero-order chi connectivity index (χ0) is 23.5. The summed E-state index contributed by atoms with van der Waals surface area (Å²) in [5.41, 5.74) is 2.07. The molecule has 0 aliphatic rings. The van der Waals surface area contributed by atoms with Crippen molar-refractivity contribution >= 4 is 25.9 Å². The number of hydrogen-bond acceptors (Lipinski definition) is 4. The Morgan fingerprint density at radius 2 is 1.44 bits per heavy atom. The average Bonchev–Trinajstić information content (AvgIpc) is 2.76. The van der Waals surface area contributed by atoms with Gasteiger partial charge in [-0.05, 0) is 80.9 Å². The fourth-order valence-corrected chi connectivity index (χ4v) is 4.26. The summed E-state index contributed by atoms with van der Waals surface area (Å²) < 4.78 is 6.22. The lowest BCUT2D eigenvalue weighted by Crippen LogP contribution is -2.40. The summed E-state index contributed by atoms with van der Waals surface area (Å²) in [5, 5.41) is 17.2. The maximum atomic E-state index is 10.3. The molecule has 2 aromatic carbocycles. The monoisotopic (exact) mass is 454 g/mol. The van der Waals surface area contributed by atoms with Gasteiger partial charge in [0.15, 0.2) is 8.32 Å². The third-order valence-electron chi connectivity index (χ3n) is 6.27. The predicted octanol–water partition coefficient (Wildman–Crippen LogP) is 7.53. The minimum Gasteiger partial charge on any atom is -0.417 e. The summed E-state index contributed by atoms with van der Waals surface area (Å²) in [6, 6.07) is 20.3. The zero-order valence-electron chi connectivity index (χ0n) is 20.6. The van der Waals surface area contributed by atoms with Crippen LogP contribution in [-0.4, -0.2) is 32.3 Å². The lowest BCUT2D eigenvalue weighted by molar-refractivity contribution is 0.146. The molecule has 0 fully saturated rings. The number of aliphatic hydroxyl groups excluding tert-OH is 1. The first-order valence-electron chi connectivity index (χ1n) is 12.0. The van der Waals surface area contributed by atoms with Gasteiger partial charge < -0.3 is 9.53 Å². The van der Waals surface area contributed by atoms with Crippen LogP contribution in [0.15, 0.2) is 65.8 Å². The van der Waals surface area contributed by atoms with E-state index in [9.17, 15) is 5.11 Å². The second-order valence-electron chi connectivity index (χ2n) is 9.97. The first kappa shape index (κ1) is 26.3. The van der Waals surface area contributed by atoms with E-state index in [1.807, 2.05) is 47.6 Å². The summed E-state index contributed by atoms with van der Waals surface area (Å²) in [4.78, 5) is 0. The Bertz CT molecular complexity index is 749. The molecule has 0 saturated carbocycles. The number of rotatable bonds is 13. The van der Waals surface area contributed by atoms with E-state index in [-0.39, 0.29) is 11.1 Å². The minimum absolute atomic E-state index is 0.240. The molecule has 4 nitrogen and oxygen atoms in total. The summed E-state index contributed by atoms with van der Waals surface area (Å²) >= 11 is 0. The Balaban J connectivity index is 1.69. The van der Waals surface area contributed by atoms with Crippen molar-refractivity contribution in [2.75, 3.05) is 11.6 Å². The highest BCUT2D eigenvalue weighted by Crippen LogP contribution is 2.36.